The lowest BCUT2D eigenvalue weighted by molar-refractivity contribution is -0.162. The smallest absolute Gasteiger partial charge is 0.350 e. The number of halogens is 2. The molecule has 0 spiro atoms. The molecule has 0 aliphatic heterocycles. The van der Waals surface area contributed by atoms with Crippen LogP contribution in [0, 0.1) is 5.82 Å². The van der Waals surface area contributed by atoms with Gasteiger partial charge >= 0.3 is 5.97 Å². The Morgan fingerprint density at radius 3 is 2.52 bits per heavy atom. The highest BCUT2D eigenvalue weighted by Gasteiger charge is 2.32. The molecule has 1 N–H and O–H groups in total. The molecular formula is C20H21ClFNO4. The molecule has 0 heterocycles. The zero-order valence-electron chi connectivity index (χ0n) is 15.1. The second kappa shape index (κ2) is 9.37. The summed E-state index contributed by atoms with van der Waals surface area (Å²) in [5, 5.41) is 3.31. The number of esters is 1. The molecule has 7 heteroatoms. The molecule has 27 heavy (non-hydrogen) atoms. The van der Waals surface area contributed by atoms with Crippen molar-refractivity contribution in [3.05, 3.63) is 64.9 Å². The van der Waals surface area contributed by atoms with Crippen LogP contribution in [0.25, 0.3) is 0 Å². The third-order valence-electron chi connectivity index (χ3n) is 3.64. The molecule has 0 saturated heterocycles. The van der Waals surface area contributed by atoms with Crippen LogP contribution in [-0.2, 0) is 20.7 Å². The monoisotopic (exact) mass is 393 g/mol. The van der Waals surface area contributed by atoms with E-state index in [0.29, 0.717) is 23.7 Å². The summed E-state index contributed by atoms with van der Waals surface area (Å²) in [7, 11) is 0. The van der Waals surface area contributed by atoms with Crippen LogP contribution in [0.4, 0.5) is 4.39 Å². The molecule has 2 rings (SSSR count). The molecule has 2 aromatic carbocycles. The molecule has 0 radical (unpaired) electrons. The third-order valence-corrected chi connectivity index (χ3v) is 3.87. The third kappa shape index (κ3) is 6.90. The lowest BCUT2D eigenvalue weighted by atomic mass is 10.1. The van der Waals surface area contributed by atoms with E-state index in [1.165, 1.54) is 38.1 Å². The average Bonchev–Trinajstić information content (AvgIpc) is 2.61. The highest BCUT2D eigenvalue weighted by Crippen LogP contribution is 2.19. The van der Waals surface area contributed by atoms with Gasteiger partial charge in [0.05, 0.1) is 0 Å². The summed E-state index contributed by atoms with van der Waals surface area (Å²) in [5.74, 6) is -1.19. The predicted octanol–water partition coefficient (Wildman–Crippen LogP) is 3.54. The molecule has 0 aliphatic carbocycles. The van der Waals surface area contributed by atoms with Gasteiger partial charge in [0.15, 0.2) is 12.2 Å². The van der Waals surface area contributed by atoms with Gasteiger partial charge in [-0.15, -0.1) is 0 Å². The Morgan fingerprint density at radius 1 is 1.15 bits per heavy atom. The molecule has 0 saturated carbocycles. The second-order valence-electron chi connectivity index (χ2n) is 6.37. The van der Waals surface area contributed by atoms with Crippen LogP contribution in [0.1, 0.15) is 19.4 Å². The van der Waals surface area contributed by atoms with E-state index in [9.17, 15) is 14.0 Å². The zero-order chi connectivity index (χ0) is 19.9. The van der Waals surface area contributed by atoms with Gasteiger partial charge in [0.1, 0.15) is 11.6 Å². The first-order valence-corrected chi connectivity index (χ1v) is 8.77. The van der Waals surface area contributed by atoms with Gasteiger partial charge in [-0.25, -0.2) is 9.18 Å². The van der Waals surface area contributed by atoms with Crippen molar-refractivity contribution in [1.29, 1.82) is 0 Å². The van der Waals surface area contributed by atoms with Crippen molar-refractivity contribution in [3.8, 4) is 5.75 Å². The number of hydrogen-bond acceptors (Lipinski definition) is 4. The normalized spacial score (nSPS) is 11.0. The number of rotatable bonds is 8. The van der Waals surface area contributed by atoms with Crippen LogP contribution in [0.15, 0.2) is 48.5 Å². The van der Waals surface area contributed by atoms with Crippen LogP contribution in [0.3, 0.4) is 0 Å². The fourth-order valence-corrected chi connectivity index (χ4v) is 2.45. The lowest BCUT2D eigenvalue weighted by Crippen LogP contribution is -2.41. The van der Waals surface area contributed by atoms with Crippen LogP contribution in [-0.4, -0.2) is 30.6 Å². The minimum atomic E-state index is -1.32. The standard InChI is InChI=1S/C20H21ClFNO4/c1-20(2,27-17-8-6-16(22)7-9-17)19(25)26-13-18(24)23-11-10-14-4-3-5-15(21)12-14/h3-9,12H,10-11,13H2,1-2H3,(H,23,24). The molecule has 5 nitrogen and oxygen atoms in total. The average molecular weight is 394 g/mol. The maximum atomic E-state index is 12.9. The Balaban J connectivity index is 1.74. The lowest BCUT2D eigenvalue weighted by Gasteiger charge is -2.24. The summed E-state index contributed by atoms with van der Waals surface area (Å²) in [5.41, 5.74) is -0.326. The van der Waals surface area contributed by atoms with E-state index in [1.807, 2.05) is 18.2 Å². The Morgan fingerprint density at radius 2 is 1.85 bits per heavy atom. The number of hydrogen-bond donors (Lipinski definition) is 1. The number of carbonyl (C=O) groups is 2. The number of amides is 1. The highest BCUT2D eigenvalue weighted by atomic mass is 35.5. The molecule has 0 bridgehead atoms. The van der Waals surface area contributed by atoms with Gasteiger partial charge in [-0.2, -0.15) is 0 Å². The molecule has 0 aliphatic rings. The van der Waals surface area contributed by atoms with Crippen molar-refractivity contribution < 1.29 is 23.5 Å². The second-order valence-corrected chi connectivity index (χ2v) is 6.81. The number of ether oxygens (including phenoxy) is 2. The van der Waals surface area contributed by atoms with Gasteiger partial charge < -0.3 is 14.8 Å². The molecule has 2 aromatic rings. The molecule has 144 valence electrons. The van der Waals surface area contributed by atoms with E-state index in [0.717, 1.165) is 5.56 Å². The van der Waals surface area contributed by atoms with E-state index in [4.69, 9.17) is 21.1 Å². The maximum absolute atomic E-state index is 12.9. The SMILES string of the molecule is CC(C)(Oc1ccc(F)cc1)C(=O)OCC(=O)NCCc1cccc(Cl)c1. The van der Waals surface area contributed by atoms with Gasteiger partial charge in [0, 0.05) is 11.6 Å². The summed E-state index contributed by atoms with van der Waals surface area (Å²) < 4.78 is 23.5. The molecule has 0 aromatic heterocycles. The van der Waals surface area contributed by atoms with E-state index < -0.39 is 29.9 Å². The highest BCUT2D eigenvalue weighted by molar-refractivity contribution is 6.30. The predicted molar refractivity (Wildman–Crippen MR) is 100 cm³/mol. The van der Waals surface area contributed by atoms with E-state index in [1.54, 1.807) is 6.07 Å². The van der Waals surface area contributed by atoms with Crippen LogP contribution >= 0.6 is 11.6 Å². The van der Waals surface area contributed by atoms with Gasteiger partial charge in [-0.3, -0.25) is 4.79 Å². The van der Waals surface area contributed by atoms with Crippen LogP contribution < -0.4 is 10.1 Å². The van der Waals surface area contributed by atoms with Gasteiger partial charge in [0.25, 0.3) is 5.91 Å². The van der Waals surface area contributed by atoms with Crippen LogP contribution in [0.5, 0.6) is 5.75 Å². The molecular weight excluding hydrogens is 373 g/mol. The Labute approximate surface area is 162 Å². The van der Waals surface area contributed by atoms with E-state index in [-0.39, 0.29) is 0 Å². The van der Waals surface area contributed by atoms with Crippen LogP contribution in [0.2, 0.25) is 5.02 Å². The minimum Gasteiger partial charge on any atom is -0.476 e. The molecule has 0 fully saturated rings. The minimum absolute atomic E-state index is 0.323. The largest absolute Gasteiger partial charge is 0.476 e. The van der Waals surface area contributed by atoms with Gasteiger partial charge in [0.2, 0.25) is 0 Å². The van der Waals surface area contributed by atoms with Gasteiger partial charge in [-0.05, 0) is 62.2 Å². The quantitative estimate of drug-likeness (QED) is 0.697. The first-order chi connectivity index (χ1) is 12.8. The van der Waals surface area contributed by atoms with Crippen molar-refractivity contribution in [2.24, 2.45) is 0 Å². The summed E-state index contributed by atoms with van der Waals surface area (Å²) in [6.45, 7) is 3.00. The summed E-state index contributed by atoms with van der Waals surface area (Å²) in [6.07, 6.45) is 0.611. The first-order valence-electron chi connectivity index (χ1n) is 8.39. The van der Waals surface area contributed by atoms with Crippen molar-refractivity contribution in [1.82, 2.24) is 5.32 Å². The number of benzene rings is 2. The van der Waals surface area contributed by atoms with Crippen molar-refractivity contribution >= 4 is 23.5 Å². The fourth-order valence-electron chi connectivity index (χ4n) is 2.23. The Bertz CT molecular complexity index is 793. The van der Waals surface area contributed by atoms with E-state index >= 15 is 0 Å². The Hall–Kier alpha value is -2.60. The zero-order valence-corrected chi connectivity index (χ0v) is 15.9. The van der Waals surface area contributed by atoms with Gasteiger partial charge in [-0.1, -0.05) is 23.7 Å². The van der Waals surface area contributed by atoms with Crippen molar-refractivity contribution in [2.45, 2.75) is 25.9 Å². The van der Waals surface area contributed by atoms with E-state index in [2.05, 4.69) is 5.32 Å². The van der Waals surface area contributed by atoms with Crippen molar-refractivity contribution in [2.75, 3.05) is 13.2 Å². The number of carbonyl (C=O) groups excluding carboxylic acids is 2. The molecule has 0 atom stereocenters. The molecule has 1 amide bonds. The Kier molecular flexibility index (Phi) is 7.19. The number of nitrogens with one attached hydrogen (secondary N) is 1. The van der Waals surface area contributed by atoms with Crippen molar-refractivity contribution in [3.63, 3.8) is 0 Å². The summed E-state index contributed by atoms with van der Waals surface area (Å²) in [6, 6.07) is 12.6. The summed E-state index contributed by atoms with van der Waals surface area (Å²) >= 11 is 5.90. The fraction of sp³-hybridized carbons (Fsp3) is 0.300. The topological polar surface area (TPSA) is 64.6 Å². The summed E-state index contributed by atoms with van der Waals surface area (Å²) in [4.78, 5) is 24.0. The maximum Gasteiger partial charge on any atom is 0.350 e. The molecule has 0 unspecified atom stereocenters. The first kappa shape index (κ1) is 20.7.